The highest BCUT2D eigenvalue weighted by atomic mass is 16.5. The molecule has 0 bridgehead atoms. The fourth-order valence-electron chi connectivity index (χ4n) is 3.06. The van der Waals surface area contributed by atoms with Gasteiger partial charge in [0.1, 0.15) is 17.2 Å². The minimum atomic E-state index is 0.0128. The fourth-order valence-corrected chi connectivity index (χ4v) is 3.06. The van der Waals surface area contributed by atoms with Gasteiger partial charge in [0.2, 0.25) is 0 Å². The number of methoxy groups -OCH3 is 2. The second kappa shape index (κ2) is 7.92. The van der Waals surface area contributed by atoms with E-state index in [1.165, 1.54) is 5.56 Å². The lowest BCUT2D eigenvalue weighted by Crippen LogP contribution is -2.32. The van der Waals surface area contributed by atoms with Crippen LogP contribution < -0.4 is 14.2 Å². The van der Waals surface area contributed by atoms with Crippen molar-refractivity contribution in [2.45, 2.75) is 12.3 Å². The Morgan fingerprint density at radius 2 is 1.76 bits per heavy atom. The summed E-state index contributed by atoms with van der Waals surface area (Å²) in [6, 6.07) is 15.4. The van der Waals surface area contributed by atoms with Gasteiger partial charge in [-0.05, 0) is 36.2 Å². The lowest BCUT2D eigenvalue weighted by Gasteiger charge is -2.17. The van der Waals surface area contributed by atoms with Crippen LogP contribution in [0.1, 0.15) is 17.9 Å². The minimum Gasteiger partial charge on any atom is -0.497 e. The predicted molar refractivity (Wildman–Crippen MR) is 95.4 cm³/mol. The molecule has 1 atom stereocenters. The number of amides is 1. The van der Waals surface area contributed by atoms with Crippen molar-refractivity contribution in [2.75, 3.05) is 33.9 Å². The van der Waals surface area contributed by atoms with Gasteiger partial charge in [-0.15, -0.1) is 0 Å². The van der Waals surface area contributed by atoms with E-state index in [2.05, 4.69) is 12.1 Å². The monoisotopic (exact) mass is 341 g/mol. The van der Waals surface area contributed by atoms with E-state index in [-0.39, 0.29) is 12.5 Å². The molecule has 1 heterocycles. The van der Waals surface area contributed by atoms with E-state index in [0.29, 0.717) is 17.4 Å². The number of likely N-dealkylation sites (tertiary alicyclic amines) is 1. The topological polar surface area (TPSA) is 48.0 Å². The highest BCUT2D eigenvalue weighted by Crippen LogP contribution is 2.28. The maximum absolute atomic E-state index is 12.4. The largest absolute Gasteiger partial charge is 0.497 e. The molecule has 1 unspecified atom stereocenters. The SMILES string of the molecule is COc1ccc(C2CCN(C(=O)COc3cccc(OC)c3)C2)cc1. The molecule has 5 heteroatoms. The molecule has 132 valence electrons. The minimum absolute atomic E-state index is 0.0128. The Bertz CT molecular complexity index is 714. The summed E-state index contributed by atoms with van der Waals surface area (Å²) >= 11 is 0. The molecule has 1 aliphatic heterocycles. The Morgan fingerprint density at radius 1 is 1.04 bits per heavy atom. The van der Waals surface area contributed by atoms with Crippen LogP contribution in [0.3, 0.4) is 0 Å². The van der Waals surface area contributed by atoms with Crippen molar-refractivity contribution < 1.29 is 19.0 Å². The second-order valence-electron chi connectivity index (χ2n) is 6.07. The standard InChI is InChI=1S/C20H23NO4/c1-23-17-8-6-15(7-9-17)16-10-11-21(13-16)20(22)14-25-19-5-3-4-18(12-19)24-2/h3-9,12,16H,10-11,13-14H2,1-2H3. The van der Waals surface area contributed by atoms with Gasteiger partial charge in [0.05, 0.1) is 14.2 Å². The molecule has 2 aromatic rings. The van der Waals surface area contributed by atoms with Crippen LogP contribution in [0.25, 0.3) is 0 Å². The van der Waals surface area contributed by atoms with Crippen LogP contribution in [0.15, 0.2) is 48.5 Å². The van der Waals surface area contributed by atoms with E-state index in [4.69, 9.17) is 14.2 Å². The molecule has 0 N–H and O–H groups in total. The number of nitrogens with zero attached hydrogens (tertiary/aromatic N) is 1. The van der Waals surface area contributed by atoms with Crippen LogP contribution >= 0.6 is 0 Å². The molecule has 25 heavy (non-hydrogen) atoms. The maximum Gasteiger partial charge on any atom is 0.260 e. The van der Waals surface area contributed by atoms with Gasteiger partial charge in [0, 0.05) is 25.1 Å². The summed E-state index contributed by atoms with van der Waals surface area (Å²) in [5, 5.41) is 0. The number of carbonyl (C=O) groups is 1. The number of rotatable bonds is 6. The normalized spacial score (nSPS) is 16.6. The molecule has 2 aromatic carbocycles. The van der Waals surface area contributed by atoms with Gasteiger partial charge in [0.15, 0.2) is 6.61 Å². The number of ether oxygens (including phenoxy) is 3. The van der Waals surface area contributed by atoms with Gasteiger partial charge in [0.25, 0.3) is 5.91 Å². The van der Waals surface area contributed by atoms with E-state index < -0.39 is 0 Å². The highest BCUT2D eigenvalue weighted by Gasteiger charge is 2.27. The summed E-state index contributed by atoms with van der Waals surface area (Å²) in [5.41, 5.74) is 1.24. The van der Waals surface area contributed by atoms with Gasteiger partial charge in [-0.25, -0.2) is 0 Å². The number of benzene rings is 2. The van der Waals surface area contributed by atoms with Gasteiger partial charge < -0.3 is 19.1 Å². The first-order valence-electron chi connectivity index (χ1n) is 8.38. The quantitative estimate of drug-likeness (QED) is 0.810. The van der Waals surface area contributed by atoms with E-state index in [1.54, 1.807) is 20.3 Å². The molecule has 1 saturated heterocycles. The summed E-state index contributed by atoms with van der Waals surface area (Å²) in [6.45, 7) is 1.53. The number of carbonyl (C=O) groups excluding carboxylic acids is 1. The molecule has 0 aromatic heterocycles. The van der Waals surface area contributed by atoms with Crippen LogP contribution in [0.2, 0.25) is 0 Å². The molecule has 1 amide bonds. The molecular weight excluding hydrogens is 318 g/mol. The lowest BCUT2D eigenvalue weighted by molar-refractivity contribution is -0.132. The fraction of sp³-hybridized carbons (Fsp3) is 0.350. The van der Waals surface area contributed by atoms with Crippen molar-refractivity contribution in [2.24, 2.45) is 0 Å². The van der Waals surface area contributed by atoms with Crippen molar-refractivity contribution in [3.63, 3.8) is 0 Å². The summed E-state index contributed by atoms with van der Waals surface area (Å²) in [4.78, 5) is 14.3. The van der Waals surface area contributed by atoms with Crippen molar-refractivity contribution in [3.8, 4) is 17.2 Å². The molecule has 0 aliphatic carbocycles. The van der Waals surface area contributed by atoms with Crippen LogP contribution in [0.4, 0.5) is 0 Å². The molecule has 1 aliphatic rings. The third-order valence-corrected chi connectivity index (χ3v) is 4.53. The third-order valence-electron chi connectivity index (χ3n) is 4.53. The van der Waals surface area contributed by atoms with Gasteiger partial charge in [-0.1, -0.05) is 18.2 Å². The molecular formula is C20H23NO4. The molecule has 1 fully saturated rings. The third kappa shape index (κ3) is 4.24. The predicted octanol–water partition coefficient (Wildman–Crippen LogP) is 3.10. The van der Waals surface area contributed by atoms with Crippen LogP contribution in [-0.2, 0) is 4.79 Å². The molecule has 0 saturated carbocycles. The first kappa shape index (κ1) is 17.1. The molecule has 0 spiro atoms. The number of hydrogen-bond acceptors (Lipinski definition) is 4. The van der Waals surface area contributed by atoms with E-state index >= 15 is 0 Å². The maximum atomic E-state index is 12.4. The lowest BCUT2D eigenvalue weighted by atomic mass is 9.98. The average Bonchev–Trinajstić information content (AvgIpc) is 3.16. The van der Waals surface area contributed by atoms with Crippen LogP contribution in [-0.4, -0.2) is 44.7 Å². The highest BCUT2D eigenvalue weighted by molar-refractivity contribution is 5.78. The van der Waals surface area contributed by atoms with E-state index in [9.17, 15) is 4.79 Å². The molecule has 5 nitrogen and oxygen atoms in total. The average molecular weight is 341 g/mol. The zero-order chi connectivity index (χ0) is 17.6. The van der Waals surface area contributed by atoms with Gasteiger partial charge in [-0.3, -0.25) is 4.79 Å². The Labute approximate surface area is 148 Å². The summed E-state index contributed by atoms with van der Waals surface area (Å²) in [6.07, 6.45) is 0.969. The van der Waals surface area contributed by atoms with E-state index in [0.717, 1.165) is 25.3 Å². The van der Waals surface area contributed by atoms with Crippen molar-refractivity contribution in [3.05, 3.63) is 54.1 Å². The smallest absolute Gasteiger partial charge is 0.260 e. The summed E-state index contributed by atoms with van der Waals surface area (Å²) in [7, 11) is 3.26. The van der Waals surface area contributed by atoms with Crippen molar-refractivity contribution >= 4 is 5.91 Å². The van der Waals surface area contributed by atoms with Gasteiger partial charge >= 0.3 is 0 Å². The van der Waals surface area contributed by atoms with Crippen LogP contribution in [0.5, 0.6) is 17.2 Å². The Kier molecular flexibility index (Phi) is 5.43. The molecule has 0 radical (unpaired) electrons. The van der Waals surface area contributed by atoms with Crippen molar-refractivity contribution in [1.29, 1.82) is 0 Å². The van der Waals surface area contributed by atoms with Gasteiger partial charge in [-0.2, -0.15) is 0 Å². The summed E-state index contributed by atoms with van der Waals surface area (Å²) in [5.74, 6) is 2.58. The second-order valence-corrected chi connectivity index (χ2v) is 6.07. The van der Waals surface area contributed by atoms with Crippen LogP contribution in [0, 0.1) is 0 Å². The zero-order valence-electron chi connectivity index (χ0n) is 14.6. The van der Waals surface area contributed by atoms with Crippen molar-refractivity contribution in [1.82, 2.24) is 4.90 Å². The van der Waals surface area contributed by atoms with E-state index in [1.807, 2.05) is 35.2 Å². The number of hydrogen-bond donors (Lipinski definition) is 0. The first-order chi connectivity index (χ1) is 12.2. The molecule has 3 rings (SSSR count). The summed E-state index contributed by atoms with van der Waals surface area (Å²) < 4.78 is 16.0. The Balaban J connectivity index is 1.53. The Morgan fingerprint density at radius 3 is 2.48 bits per heavy atom. The first-order valence-corrected chi connectivity index (χ1v) is 8.38. The Hall–Kier alpha value is -2.69. The zero-order valence-corrected chi connectivity index (χ0v) is 14.6.